The number of halogens is 1. The number of rotatable bonds is 2. The Kier molecular flexibility index (Phi) is 3.58. The van der Waals surface area contributed by atoms with Crippen molar-refractivity contribution in [3.8, 4) is 6.07 Å². The molecule has 0 saturated heterocycles. The summed E-state index contributed by atoms with van der Waals surface area (Å²) in [7, 11) is 0. The minimum absolute atomic E-state index is 0.335. The van der Waals surface area contributed by atoms with Crippen molar-refractivity contribution in [2.24, 2.45) is 0 Å². The number of carbonyl (C=O) groups is 1. The Morgan fingerprint density at radius 3 is 2.74 bits per heavy atom. The first kappa shape index (κ1) is 12.8. The fourth-order valence-corrected chi connectivity index (χ4v) is 1.66. The van der Waals surface area contributed by atoms with Crippen molar-refractivity contribution in [1.82, 2.24) is 0 Å². The van der Waals surface area contributed by atoms with E-state index in [2.05, 4.69) is 5.32 Å². The zero-order valence-corrected chi connectivity index (χ0v) is 10.3. The van der Waals surface area contributed by atoms with Crippen molar-refractivity contribution < 1.29 is 9.18 Å². The fourth-order valence-electron chi connectivity index (χ4n) is 1.66. The average Bonchev–Trinajstić information content (AvgIpc) is 2.42. The van der Waals surface area contributed by atoms with Crippen molar-refractivity contribution in [2.45, 2.75) is 6.92 Å². The van der Waals surface area contributed by atoms with Gasteiger partial charge in [0.15, 0.2) is 0 Å². The number of aryl methyl sites for hydroxylation is 1. The summed E-state index contributed by atoms with van der Waals surface area (Å²) in [5.41, 5.74) is 1.79. The van der Waals surface area contributed by atoms with Crippen LogP contribution in [0.25, 0.3) is 0 Å². The number of nitriles is 1. The van der Waals surface area contributed by atoms with Gasteiger partial charge in [0.05, 0.1) is 11.6 Å². The number of carbonyl (C=O) groups excluding carboxylic acids is 1. The van der Waals surface area contributed by atoms with E-state index in [1.807, 2.05) is 6.07 Å². The van der Waals surface area contributed by atoms with Gasteiger partial charge >= 0.3 is 0 Å². The summed E-state index contributed by atoms with van der Waals surface area (Å²) in [4.78, 5) is 12.0. The molecule has 1 amide bonds. The maximum atomic E-state index is 13.1. The van der Waals surface area contributed by atoms with E-state index >= 15 is 0 Å². The molecule has 0 heterocycles. The van der Waals surface area contributed by atoms with Crippen LogP contribution in [-0.4, -0.2) is 5.91 Å². The molecular formula is C15H11FN2O. The predicted molar refractivity (Wildman–Crippen MR) is 70.2 cm³/mol. The molecule has 3 nitrogen and oxygen atoms in total. The second kappa shape index (κ2) is 5.32. The SMILES string of the molecule is Cc1cc(C(=O)Nc2cccc(C#N)c2)ccc1F. The number of hydrogen-bond donors (Lipinski definition) is 1. The average molecular weight is 254 g/mol. The number of anilines is 1. The highest BCUT2D eigenvalue weighted by Gasteiger charge is 2.08. The first-order valence-corrected chi connectivity index (χ1v) is 5.68. The number of benzene rings is 2. The molecule has 1 N–H and O–H groups in total. The van der Waals surface area contributed by atoms with Crippen LogP contribution in [0.1, 0.15) is 21.5 Å². The zero-order chi connectivity index (χ0) is 13.8. The molecule has 4 heteroatoms. The summed E-state index contributed by atoms with van der Waals surface area (Å²) >= 11 is 0. The molecule has 0 aromatic heterocycles. The van der Waals surface area contributed by atoms with Gasteiger partial charge in [0.2, 0.25) is 0 Å². The summed E-state index contributed by atoms with van der Waals surface area (Å²) in [5.74, 6) is -0.679. The van der Waals surface area contributed by atoms with Crippen LogP contribution < -0.4 is 5.32 Å². The van der Waals surface area contributed by atoms with Gasteiger partial charge in [-0.2, -0.15) is 5.26 Å². The van der Waals surface area contributed by atoms with E-state index in [1.165, 1.54) is 18.2 Å². The molecule has 0 bridgehead atoms. The van der Waals surface area contributed by atoms with E-state index in [4.69, 9.17) is 5.26 Å². The summed E-state index contributed by atoms with van der Waals surface area (Å²) < 4.78 is 13.1. The van der Waals surface area contributed by atoms with Gasteiger partial charge in [0.1, 0.15) is 5.82 Å². The van der Waals surface area contributed by atoms with Crippen molar-refractivity contribution in [1.29, 1.82) is 5.26 Å². The molecule has 2 aromatic carbocycles. The van der Waals surface area contributed by atoms with Crippen LogP contribution in [0.5, 0.6) is 0 Å². The molecule has 0 unspecified atom stereocenters. The minimum atomic E-state index is -0.344. The maximum absolute atomic E-state index is 13.1. The van der Waals surface area contributed by atoms with E-state index in [1.54, 1.807) is 31.2 Å². The highest BCUT2D eigenvalue weighted by Crippen LogP contribution is 2.14. The molecule has 0 aliphatic heterocycles. The van der Waals surface area contributed by atoms with Gasteiger partial charge in [0, 0.05) is 11.3 Å². The van der Waals surface area contributed by atoms with Gasteiger partial charge in [-0.3, -0.25) is 4.79 Å². The third-order valence-electron chi connectivity index (χ3n) is 2.67. The first-order chi connectivity index (χ1) is 9.10. The van der Waals surface area contributed by atoms with E-state index in [0.29, 0.717) is 22.4 Å². The first-order valence-electron chi connectivity index (χ1n) is 5.68. The van der Waals surface area contributed by atoms with Crippen molar-refractivity contribution in [2.75, 3.05) is 5.32 Å². The number of nitrogens with zero attached hydrogens (tertiary/aromatic N) is 1. The van der Waals surface area contributed by atoms with Gasteiger partial charge in [-0.05, 0) is 48.9 Å². The Morgan fingerprint density at radius 2 is 2.05 bits per heavy atom. The molecule has 0 radical (unpaired) electrons. The zero-order valence-electron chi connectivity index (χ0n) is 10.3. The molecule has 0 saturated carbocycles. The Bertz CT molecular complexity index is 674. The number of amides is 1. The van der Waals surface area contributed by atoms with Gasteiger partial charge in [-0.1, -0.05) is 6.07 Å². The Labute approximate surface area is 110 Å². The molecule has 0 atom stereocenters. The molecule has 19 heavy (non-hydrogen) atoms. The summed E-state index contributed by atoms with van der Waals surface area (Å²) in [6, 6.07) is 12.8. The molecule has 0 fully saturated rings. The monoisotopic (exact) mass is 254 g/mol. The summed E-state index contributed by atoms with van der Waals surface area (Å²) in [6.07, 6.45) is 0. The lowest BCUT2D eigenvalue weighted by atomic mass is 10.1. The Morgan fingerprint density at radius 1 is 1.26 bits per heavy atom. The van der Waals surface area contributed by atoms with Gasteiger partial charge in [0.25, 0.3) is 5.91 Å². The van der Waals surface area contributed by atoms with Gasteiger partial charge in [-0.25, -0.2) is 4.39 Å². The molecule has 0 aliphatic rings. The van der Waals surface area contributed by atoms with Crippen LogP contribution in [0, 0.1) is 24.1 Å². The largest absolute Gasteiger partial charge is 0.322 e. The smallest absolute Gasteiger partial charge is 0.255 e. The van der Waals surface area contributed by atoms with E-state index in [9.17, 15) is 9.18 Å². The Balaban J connectivity index is 2.21. The van der Waals surface area contributed by atoms with Crippen LogP contribution >= 0.6 is 0 Å². The van der Waals surface area contributed by atoms with Gasteiger partial charge < -0.3 is 5.32 Å². The van der Waals surface area contributed by atoms with E-state index < -0.39 is 0 Å². The standard InChI is InChI=1S/C15H11FN2O/c1-10-7-12(5-6-14(10)16)15(19)18-13-4-2-3-11(8-13)9-17/h2-8H,1H3,(H,18,19). The lowest BCUT2D eigenvalue weighted by Gasteiger charge is -2.06. The third-order valence-corrected chi connectivity index (χ3v) is 2.67. The lowest BCUT2D eigenvalue weighted by molar-refractivity contribution is 0.102. The summed E-state index contributed by atoms with van der Waals surface area (Å²) in [5, 5.41) is 11.4. The molecule has 2 aromatic rings. The van der Waals surface area contributed by atoms with E-state index in [-0.39, 0.29) is 11.7 Å². The van der Waals surface area contributed by atoms with Crippen LogP contribution in [0.3, 0.4) is 0 Å². The van der Waals surface area contributed by atoms with Crippen LogP contribution in [-0.2, 0) is 0 Å². The van der Waals surface area contributed by atoms with E-state index in [0.717, 1.165) is 0 Å². The molecule has 0 aliphatic carbocycles. The number of hydrogen-bond acceptors (Lipinski definition) is 2. The van der Waals surface area contributed by atoms with Crippen molar-refractivity contribution in [3.05, 3.63) is 65.0 Å². The molecular weight excluding hydrogens is 243 g/mol. The van der Waals surface area contributed by atoms with Crippen molar-refractivity contribution in [3.63, 3.8) is 0 Å². The molecule has 0 spiro atoms. The second-order valence-electron chi connectivity index (χ2n) is 4.11. The fraction of sp³-hybridized carbons (Fsp3) is 0.0667. The van der Waals surface area contributed by atoms with Crippen molar-refractivity contribution >= 4 is 11.6 Å². The topological polar surface area (TPSA) is 52.9 Å². The predicted octanol–water partition coefficient (Wildman–Crippen LogP) is 3.26. The Hall–Kier alpha value is -2.67. The van der Waals surface area contributed by atoms with Crippen LogP contribution in [0.4, 0.5) is 10.1 Å². The molecule has 2 rings (SSSR count). The second-order valence-corrected chi connectivity index (χ2v) is 4.11. The quantitative estimate of drug-likeness (QED) is 0.894. The number of nitrogens with one attached hydrogen (secondary N) is 1. The lowest BCUT2D eigenvalue weighted by Crippen LogP contribution is -2.12. The third kappa shape index (κ3) is 2.96. The highest BCUT2D eigenvalue weighted by molar-refractivity contribution is 6.04. The summed E-state index contributed by atoms with van der Waals surface area (Å²) in [6.45, 7) is 1.60. The normalized spacial score (nSPS) is 9.74. The van der Waals surface area contributed by atoms with Crippen LogP contribution in [0.2, 0.25) is 0 Å². The maximum Gasteiger partial charge on any atom is 0.255 e. The highest BCUT2D eigenvalue weighted by atomic mass is 19.1. The molecule has 94 valence electrons. The minimum Gasteiger partial charge on any atom is -0.322 e. The van der Waals surface area contributed by atoms with Crippen LogP contribution in [0.15, 0.2) is 42.5 Å². The van der Waals surface area contributed by atoms with Gasteiger partial charge in [-0.15, -0.1) is 0 Å².